The van der Waals surface area contributed by atoms with Gasteiger partial charge in [-0.15, -0.1) is 0 Å². The Balaban J connectivity index is 1.46. The maximum atomic E-state index is 12.5. The zero-order chi connectivity index (χ0) is 18.7. The minimum atomic E-state index is -0.0960. The molecule has 5 nitrogen and oxygen atoms in total. The van der Waals surface area contributed by atoms with E-state index >= 15 is 0 Å². The molecule has 0 spiro atoms. The second-order valence-corrected chi connectivity index (χ2v) is 8.30. The van der Waals surface area contributed by atoms with Gasteiger partial charge in [0.25, 0.3) is 0 Å². The van der Waals surface area contributed by atoms with Gasteiger partial charge in [0, 0.05) is 37.7 Å². The summed E-state index contributed by atoms with van der Waals surface area (Å²) < 4.78 is 5.81. The summed E-state index contributed by atoms with van der Waals surface area (Å²) in [4.78, 5) is 16.9. The number of benzene rings is 1. The quantitative estimate of drug-likeness (QED) is 0.821. The summed E-state index contributed by atoms with van der Waals surface area (Å²) in [6, 6.07) is 4.99. The first-order valence-electron chi connectivity index (χ1n) is 9.29. The van der Waals surface area contributed by atoms with E-state index in [9.17, 15) is 4.79 Å². The van der Waals surface area contributed by atoms with Crippen LogP contribution in [0.1, 0.15) is 26.7 Å². The average molecular weight is 400 g/mol. The first-order chi connectivity index (χ1) is 12.4. The molecular weight excluding hydrogens is 373 g/mol. The Kier molecular flexibility index (Phi) is 6.67. The number of amides is 2. The predicted octanol–water partition coefficient (Wildman–Crippen LogP) is 4.35. The molecule has 7 heteroatoms. The van der Waals surface area contributed by atoms with Crippen LogP contribution in [0.2, 0.25) is 10.0 Å². The van der Waals surface area contributed by atoms with Crippen molar-refractivity contribution in [3.8, 4) is 0 Å². The van der Waals surface area contributed by atoms with Gasteiger partial charge in [0.2, 0.25) is 0 Å². The van der Waals surface area contributed by atoms with E-state index in [0.29, 0.717) is 33.9 Å². The highest BCUT2D eigenvalue weighted by Gasteiger charge is 2.28. The summed E-state index contributed by atoms with van der Waals surface area (Å²) in [5.74, 6) is 0.635. The summed E-state index contributed by atoms with van der Waals surface area (Å²) in [5.41, 5.74) is 0.597. The molecule has 0 bridgehead atoms. The lowest BCUT2D eigenvalue weighted by atomic mass is 9.96. The number of hydrogen-bond donors (Lipinski definition) is 1. The number of morpholine rings is 1. The van der Waals surface area contributed by atoms with Gasteiger partial charge in [0.05, 0.1) is 22.9 Å². The number of rotatable bonds is 3. The van der Waals surface area contributed by atoms with Gasteiger partial charge in [0.1, 0.15) is 0 Å². The third-order valence-corrected chi connectivity index (χ3v) is 5.63. The number of hydrogen-bond acceptors (Lipinski definition) is 3. The summed E-state index contributed by atoms with van der Waals surface area (Å²) in [5, 5.41) is 3.90. The number of anilines is 1. The summed E-state index contributed by atoms with van der Waals surface area (Å²) in [7, 11) is 0. The normalized spacial score (nSPS) is 25.3. The number of piperidine rings is 1. The van der Waals surface area contributed by atoms with Gasteiger partial charge in [-0.25, -0.2) is 4.79 Å². The molecule has 1 N–H and O–H groups in total. The molecule has 2 fully saturated rings. The average Bonchev–Trinajstić information content (AvgIpc) is 2.57. The van der Waals surface area contributed by atoms with Gasteiger partial charge < -0.3 is 15.0 Å². The minimum absolute atomic E-state index is 0.0960. The molecule has 0 aromatic heterocycles. The Morgan fingerprint density at radius 1 is 1.19 bits per heavy atom. The van der Waals surface area contributed by atoms with Crippen molar-refractivity contribution in [1.82, 2.24) is 9.80 Å². The van der Waals surface area contributed by atoms with Crippen molar-refractivity contribution in [1.29, 1.82) is 0 Å². The van der Waals surface area contributed by atoms with Gasteiger partial charge in [-0.05, 0) is 50.8 Å². The highest BCUT2D eigenvalue weighted by atomic mass is 35.5. The van der Waals surface area contributed by atoms with Gasteiger partial charge in [0.15, 0.2) is 0 Å². The number of carbonyl (C=O) groups is 1. The first-order valence-corrected chi connectivity index (χ1v) is 10.0. The fourth-order valence-corrected chi connectivity index (χ4v) is 4.36. The van der Waals surface area contributed by atoms with Crippen LogP contribution in [0.3, 0.4) is 0 Å². The molecule has 0 aliphatic carbocycles. The van der Waals surface area contributed by atoms with E-state index in [4.69, 9.17) is 27.9 Å². The van der Waals surface area contributed by atoms with Crippen LogP contribution in [-0.4, -0.2) is 60.8 Å². The molecule has 2 heterocycles. The van der Waals surface area contributed by atoms with Crippen LogP contribution in [-0.2, 0) is 4.74 Å². The van der Waals surface area contributed by atoms with Crippen molar-refractivity contribution in [2.75, 3.05) is 38.0 Å². The number of ether oxygens (including phenoxy) is 1. The molecule has 1 aromatic carbocycles. The highest BCUT2D eigenvalue weighted by Crippen LogP contribution is 2.26. The smallest absolute Gasteiger partial charge is 0.321 e. The third kappa shape index (κ3) is 5.26. The van der Waals surface area contributed by atoms with Crippen LogP contribution in [0.25, 0.3) is 0 Å². The van der Waals surface area contributed by atoms with E-state index in [-0.39, 0.29) is 6.03 Å². The number of urea groups is 1. The second-order valence-electron chi connectivity index (χ2n) is 7.46. The van der Waals surface area contributed by atoms with E-state index in [1.165, 1.54) is 0 Å². The van der Waals surface area contributed by atoms with E-state index in [0.717, 1.165) is 45.6 Å². The Morgan fingerprint density at radius 2 is 1.85 bits per heavy atom. The molecule has 0 saturated carbocycles. The fraction of sp³-hybridized carbons (Fsp3) is 0.632. The lowest BCUT2D eigenvalue weighted by molar-refractivity contribution is -0.0728. The molecule has 2 saturated heterocycles. The Morgan fingerprint density at radius 3 is 2.46 bits per heavy atom. The standard InChI is InChI=1S/C19H27Cl2N3O2/c1-13-10-23(11-14(2)26-13)12-15-5-7-24(8-6-15)19(25)22-18-4-3-16(20)9-17(18)21/h3-4,9,13-15H,5-8,10-12H2,1-2H3,(H,22,25). The van der Waals surface area contributed by atoms with Gasteiger partial charge >= 0.3 is 6.03 Å². The van der Waals surface area contributed by atoms with Crippen LogP contribution < -0.4 is 5.32 Å². The van der Waals surface area contributed by atoms with E-state index in [1.807, 2.05) is 4.90 Å². The van der Waals surface area contributed by atoms with Crippen molar-refractivity contribution in [2.45, 2.75) is 38.9 Å². The SMILES string of the molecule is CC1CN(CC2CCN(C(=O)Nc3ccc(Cl)cc3Cl)CC2)CC(C)O1. The van der Waals surface area contributed by atoms with Crippen molar-refractivity contribution >= 4 is 34.9 Å². The summed E-state index contributed by atoms with van der Waals surface area (Å²) in [6.45, 7) is 8.92. The lowest BCUT2D eigenvalue weighted by Crippen LogP contribution is -2.49. The predicted molar refractivity (Wildman–Crippen MR) is 106 cm³/mol. The van der Waals surface area contributed by atoms with Crippen molar-refractivity contribution in [3.05, 3.63) is 28.2 Å². The van der Waals surface area contributed by atoms with Crippen LogP contribution >= 0.6 is 23.2 Å². The van der Waals surface area contributed by atoms with Gasteiger partial charge in [-0.2, -0.15) is 0 Å². The number of nitrogens with one attached hydrogen (secondary N) is 1. The van der Waals surface area contributed by atoms with E-state index < -0.39 is 0 Å². The molecule has 1 aromatic rings. The van der Waals surface area contributed by atoms with Crippen molar-refractivity contribution < 1.29 is 9.53 Å². The van der Waals surface area contributed by atoms with Crippen LogP contribution in [0.15, 0.2) is 18.2 Å². The van der Waals surface area contributed by atoms with Gasteiger partial charge in [-0.1, -0.05) is 23.2 Å². The molecule has 2 aliphatic heterocycles. The topological polar surface area (TPSA) is 44.8 Å². The maximum Gasteiger partial charge on any atom is 0.321 e. The maximum absolute atomic E-state index is 12.5. The number of carbonyl (C=O) groups excluding carboxylic acids is 1. The van der Waals surface area contributed by atoms with E-state index in [2.05, 4.69) is 24.1 Å². The molecule has 2 amide bonds. The van der Waals surface area contributed by atoms with E-state index in [1.54, 1.807) is 18.2 Å². The molecule has 0 radical (unpaired) electrons. The molecule has 2 unspecified atom stereocenters. The van der Waals surface area contributed by atoms with Crippen molar-refractivity contribution in [3.63, 3.8) is 0 Å². The fourth-order valence-electron chi connectivity index (χ4n) is 3.90. The first kappa shape index (κ1) is 19.7. The molecule has 2 aliphatic rings. The van der Waals surface area contributed by atoms with Gasteiger partial charge in [-0.3, -0.25) is 4.90 Å². The highest BCUT2D eigenvalue weighted by molar-refractivity contribution is 6.36. The number of nitrogens with zero attached hydrogens (tertiary/aromatic N) is 2. The van der Waals surface area contributed by atoms with Crippen LogP contribution in [0.5, 0.6) is 0 Å². The zero-order valence-electron chi connectivity index (χ0n) is 15.4. The molecule has 2 atom stereocenters. The van der Waals surface area contributed by atoms with Crippen LogP contribution in [0, 0.1) is 5.92 Å². The monoisotopic (exact) mass is 399 g/mol. The number of halogens is 2. The number of likely N-dealkylation sites (tertiary alicyclic amines) is 1. The minimum Gasteiger partial charge on any atom is -0.373 e. The Bertz CT molecular complexity index is 625. The molecular formula is C19H27Cl2N3O2. The Labute approximate surface area is 165 Å². The Hall–Kier alpha value is -1.01. The van der Waals surface area contributed by atoms with Crippen LogP contribution in [0.4, 0.5) is 10.5 Å². The molecule has 3 rings (SSSR count). The summed E-state index contributed by atoms with van der Waals surface area (Å²) in [6.07, 6.45) is 2.66. The largest absolute Gasteiger partial charge is 0.373 e. The second kappa shape index (κ2) is 8.79. The molecule has 26 heavy (non-hydrogen) atoms. The molecule has 144 valence electrons. The lowest BCUT2D eigenvalue weighted by Gasteiger charge is -2.39. The third-order valence-electron chi connectivity index (χ3n) is 5.09. The zero-order valence-corrected chi connectivity index (χ0v) is 16.9. The van der Waals surface area contributed by atoms with Crippen molar-refractivity contribution in [2.24, 2.45) is 5.92 Å². The summed E-state index contributed by atoms with van der Waals surface area (Å²) >= 11 is 12.0.